The van der Waals surface area contributed by atoms with Gasteiger partial charge >= 0.3 is 5.97 Å². The number of thioether (sulfide) groups is 1. The smallest absolute Gasteiger partial charge is 0.305 e. The van der Waals surface area contributed by atoms with Gasteiger partial charge in [0.25, 0.3) is 5.56 Å². The molecule has 1 aliphatic rings. The van der Waals surface area contributed by atoms with Crippen molar-refractivity contribution in [2.45, 2.75) is 43.7 Å². The molecule has 1 aromatic rings. The molecule has 0 saturated carbocycles. The lowest BCUT2D eigenvalue weighted by atomic mass is 9.97. The maximum Gasteiger partial charge on any atom is 0.305 e. The minimum atomic E-state index is -0.201. The molecule has 5 nitrogen and oxygen atoms in total. The summed E-state index contributed by atoms with van der Waals surface area (Å²) in [4.78, 5) is 30.2. The van der Waals surface area contributed by atoms with Crippen molar-refractivity contribution in [2.24, 2.45) is 0 Å². The Kier molecular flexibility index (Phi) is 5.01. The first-order valence-corrected chi connectivity index (χ1v) is 7.51. The molecule has 1 heterocycles. The molecule has 1 aliphatic carbocycles. The molecule has 104 valence electrons. The first-order chi connectivity index (χ1) is 9.20. The van der Waals surface area contributed by atoms with Crippen LogP contribution in [-0.4, -0.2) is 28.8 Å². The highest BCUT2D eigenvalue weighted by Gasteiger charge is 2.15. The molecule has 0 aromatic carbocycles. The van der Waals surface area contributed by atoms with E-state index in [0.29, 0.717) is 11.6 Å². The monoisotopic (exact) mass is 282 g/mol. The van der Waals surface area contributed by atoms with Crippen molar-refractivity contribution in [1.82, 2.24) is 9.97 Å². The van der Waals surface area contributed by atoms with Gasteiger partial charge in [0, 0.05) is 17.7 Å². The number of aryl methyl sites for hydroxylation is 1. The van der Waals surface area contributed by atoms with Crippen molar-refractivity contribution in [1.29, 1.82) is 0 Å². The van der Waals surface area contributed by atoms with E-state index >= 15 is 0 Å². The fourth-order valence-electron chi connectivity index (χ4n) is 2.14. The van der Waals surface area contributed by atoms with Crippen LogP contribution in [0.3, 0.4) is 0 Å². The van der Waals surface area contributed by atoms with Crippen molar-refractivity contribution < 1.29 is 9.53 Å². The van der Waals surface area contributed by atoms with Gasteiger partial charge in [0.2, 0.25) is 0 Å². The summed E-state index contributed by atoms with van der Waals surface area (Å²) in [5.74, 6) is 0.545. The van der Waals surface area contributed by atoms with Gasteiger partial charge in [0.1, 0.15) is 0 Å². The van der Waals surface area contributed by atoms with Crippen LogP contribution < -0.4 is 5.56 Å². The van der Waals surface area contributed by atoms with Gasteiger partial charge in [0.05, 0.1) is 12.8 Å². The molecule has 0 saturated heterocycles. The third-order valence-electron chi connectivity index (χ3n) is 3.16. The quantitative estimate of drug-likeness (QED) is 0.385. The van der Waals surface area contributed by atoms with Crippen LogP contribution in [0.25, 0.3) is 0 Å². The van der Waals surface area contributed by atoms with Crippen molar-refractivity contribution in [3.8, 4) is 0 Å². The van der Waals surface area contributed by atoms with Gasteiger partial charge in [-0.2, -0.15) is 0 Å². The van der Waals surface area contributed by atoms with E-state index in [9.17, 15) is 9.59 Å². The second-order valence-electron chi connectivity index (χ2n) is 4.53. The van der Waals surface area contributed by atoms with Crippen LogP contribution in [0.4, 0.5) is 0 Å². The van der Waals surface area contributed by atoms with E-state index in [4.69, 9.17) is 0 Å². The standard InChI is InChI=1S/C13H18N2O3S/c1-18-11(16)7-4-8-19-13-14-10-6-3-2-5-9(10)12(17)15-13/h2-8H2,1H3,(H,14,15,17). The molecule has 1 N–H and O–H groups in total. The van der Waals surface area contributed by atoms with E-state index in [-0.39, 0.29) is 11.5 Å². The Morgan fingerprint density at radius 2 is 2.21 bits per heavy atom. The number of carbonyl (C=O) groups is 1. The number of nitrogens with zero attached hydrogens (tertiary/aromatic N) is 1. The predicted molar refractivity (Wildman–Crippen MR) is 73.5 cm³/mol. The molecule has 0 aliphatic heterocycles. The maximum atomic E-state index is 11.9. The Bertz CT molecular complexity index is 513. The second-order valence-corrected chi connectivity index (χ2v) is 5.62. The molecule has 0 spiro atoms. The highest BCUT2D eigenvalue weighted by molar-refractivity contribution is 7.99. The van der Waals surface area contributed by atoms with Crippen LogP contribution in [0, 0.1) is 0 Å². The van der Waals surface area contributed by atoms with Gasteiger partial charge in [-0.1, -0.05) is 11.8 Å². The lowest BCUT2D eigenvalue weighted by Gasteiger charge is -2.14. The number of nitrogens with one attached hydrogen (secondary N) is 1. The summed E-state index contributed by atoms with van der Waals surface area (Å²) in [5, 5.41) is 0.663. The summed E-state index contributed by atoms with van der Waals surface area (Å²) in [6.07, 6.45) is 5.04. The first-order valence-electron chi connectivity index (χ1n) is 6.52. The van der Waals surface area contributed by atoms with Crippen LogP contribution in [0.15, 0.2) is 9.95 Å². The van der Waals surface area contributed by atoms with E-state index in [1.165, 1.54) is 18.9 Å². The lowest BCUT2D eigenvalue weighted by molar-refractivity contribution is -0.140. The van der Waals surface area contributed by atoms with E-state index in [2.05, 4.69) is 14.7 Å². The van der Waals surface area contributed by atoms with E-state index in [1.807, 2.05) is 0 Å². The summed E-state index contributed by atoms with van der Waals surface area (Å²) in [6, 6.07) is 0. The zero-order valence-corrected chi connectivity index (χ0v) is 11.8. The molecule has 2 rings (SSSR count). The summed E-state index contributed by atoms with van der Waals surface area (Å²) in [5.41, 5.74) is 1.80. The van der Waals surface area contributed by atoms with Gasteiger partial charge < -0.3 is 9.72 Å². The summed E-state index contributed by atoms with van der Waals surface area (Å²) < 4.78 is 4.57. The molecular weight excluding hydrogens is 264 g/mol. The van der Waals surface area contributed by atoms with E-state index in [0.717, 1.165) is 49.1 Å². The first kappa shape index (κ1) is 14.1. The molecule has 1 aromatic heterocycles. The van der Waals surface area contributed by atoms with Gasteiger partial charge in [0.15, 0.2) is 5.16 Å². The zero-order chi connectivity index (χ0) is 13.7. The minimum Gasteiger partial charge on any atom is -0.469 e. The number of methoxy groups -OCH3 is 1. The van der Waals surface area contributed by atoms with Gasteiger partial charge in [-0.3, -0.25) is 9.59 Å². The number of fused-ring (bicyclic) bond motifs is 1. The Hall–Kier alpha value is -1.30. The second kappa shape index (κ2) is 6.75. The van der Waals surface area contributed by atoms with Crippen molar-refractivity contribution in [3.63, 3.8) is 0 Å². The number of rotatable bonds is 5. The normalized spacial score (nSPS) is 13.9. The molecule has 0 radical (unpaired) electrons. The van der Waals surface area contributed by atoms with Crippen LogP contribution in [0.1, 0.15) is 36.9 Å². The molecule has 0 fully saturated rings. The van der Waals surface area contributed by atoms with Crippen molar-refractivity contribution >= 4 is 17.7 Å². The maximum absolute atomic E-state index is 11.9. The number of H-pyrrole nitrogens is 1. The van der Waals surface area contributed by atoms with Crippen LogP contribution in [0.2, 0.25) is 0 Å². The number of esters is 1. The van der Waals surface area contributed by atoms with Gasteiger partial charge in [-0.05, 0) is 32.1 Å². The van der Waals surface area contributed by atoms with Gasteiger partial charge in [-0.25, -0.2) is 4.98 Å². The fourth-order valence-corrected chi connectivity index (χ4v) is 2.96. The van der Waals surface area contributed by atoms with Gasteiger partial charge in [-0.15, -0.1) is 0 Å². The largest absolute Gasteiger partial charge is 0.469 e. The zero-order valence-electron chi connectivity index (χ0n) is 11.0. The third-order valence-corrected chi connectivity index (χ3v) is 4.12. The molecule has 0 atom stereocenters. The molecule has 0 amide bonds. The fraction of sp³-hybridized carbons (Fsp3) is 0.615. The van der Waals surface area contributed by atoms with Crippen LogP contribution >= 0.6 is 11.8 Å². The number of aromatic amines is 1. The van der Waals surface area contributed by atoms with Crippen molar-refractivity contribution in [2.75, 3.05) is 12.9 Å². The summed E-state index contributed by atoms with van der Waals surface area (Å²) >= 11 is 1.49. The number of ether oxygens (including phenoxy) is 1. The van der Waals surface area contributed by atoms with Crippen LogP contribution in [0.5, 0.6) is 0 Å². The predicted octanol–water partition coefficient (Wildman–Crippen LogP) is 1.69. The Labute approximate surface area is 116 Å². The average molecular weight is 282 g/mol. The molecule has 0 bridgehead atoms. The van der Waals surface area contributed by atoms with E-state index in [1.54, 1.807) is 0 Å². The molecule has 0 unspecified atom stereocenters. The number of carbonyl (C=O) groups excluding carboxylic acids is 1. The Morgan fingerprint density at radius 3 is 3.00 bits per heavy atom. The van der Waals surface area contributed by atoms with Crippen LogP contribution in [-0.2, 0) is 22.4 Å². The Morgan fingerprint density at radius 1 is 1.42 bits per heavy atom. The SMILES string of the molecule is COC(=O)CCCSc1nc2c(c(=O)[nH]1)CCCC2. The summed E-state index contributed by atoms with van der Waals surface area (Å²) in [7, 11) is 1.39. The van der Waals surface area contributed by atoms with Crippen molar-refractivity contribution in [3.05, 3.63) is 21.6 Å². The Balaban J connectivity index is 1.92. The molecule has 6 heteroatoms. The number of aromatic nitrogens is 2. The molecule has 19 heavy (non-hydrogen) atoms. The topological polar surface area (TPSA) is 72.0 Å². The minimum absolute atomic E-state index is 0.000155. The summed E-state index contributed by atoms with van der Waals surface area (Å²) in [6.45, 7) is 0. The third kappa shape index (κ3) is 3.83. The highest BCUT2D eigenvalue weighted by Crippen LogP contribution is 2.19. The molecular formula is C13H18N2O3S. The lowest BCUT2D eigenvalue weighted by Crippen LogP contribution is -2.21. The average Bonchev–Trinajstić information content (AvgIpc) is 2.43. The van der Waals surface area contributed by atoms with E-state index < -0.39 is 0 Å². The highest BCUT2D eigenvalue weighted by atomic mass is 32.2. The number of hydrogen-bond donors (Lipinski definition) is 1. The number of hydrogen-bond acceptors (Lipinski definition) is 5.